The minimum absolute atomic E-state index is 0.118. The van der Waals surface area contributed by atoms with Crippen LogP contribution in [0.4, 0.5) is 4.39 Å². The number of aryl methyl sites for hydroxylation is 1. The summed E-state index contributed by atoms with van der Waals surface area (Å²) in [4.78, 5) is 11.8. The van der Waals surface area contributed by atoms with Crippen molar-refractivity contribution < 1.29 is 9.18 Å². The van der Waals surface area contributed by atoms with Crippen LogP contribution in [0.5, 0.6) is 0 Å². The maximum atomic E-state index is 13.6. The third-order valence-electron chi connectivity index (χ3n) is 2.78. The van der Waals surface area contributed by atoms with Gasteiger partial charge in [-0.1, -0.05) is 24.3 Å². The van der Waals surface area contributed by atoms with E-state index in [1.165, 1.54) is 6.07 Å². The Hall–Kier alpha value is -1.64. The summed E-state index contributed by atoms with van der Waals surface area (Å²) in [5.41, 5.74) is 0.629. The van der Waals surface area contributed by atoms with Crippen LogP contribution in [0.25, 0.3) is 0 Å². The lowest BCUT2D eigenvalue weighted by atomic mass is 10.1. The van der Waals surface area contributed by atoms with Crippen LogP contribution in [0.3, 0.4) is 0 Å². The van der Waals surface area contributed by atoms with Crippen molar-refractivity contribution >= 4 is 5.91 Å². The Labute approximate surface area is 94.2 Å². The van der Waals surface area contributed by atoms with Crippen molar-refractivity contribution in [3.05, 3.63) is 47.3 Å². The fourth-order valence-corrected chi connectivity index (χ4v) is 1.82. The molecule has 0 aromatic heterocycles. The van der Waals surface area contributed by atoms with Gasteiger partial charge in [0.1, 0.15) is 5.82 Å². The van der Waals surface area contributed by atoms with E-state index in [1.54, 1.807) is 19.1 Å². The average molecular weight is 219 g/mol. The molecule has 1 amide bonds. The van der Waals surface area contributed by atoms with Crippen LogP contribution in [0.2, 0.25) is 0 Å². The van der Waals surface area contributed by atoms with Crippen LogP contribution in [0, 0.1) is 12.7 Å². The molecule has 0 aliphatic heterocycles. The lowest BCUT2D eigenvalue weighted by Gasteiger charge is -2.12. The first-order chi connectivity index (χ1) is 7.68. The molecule has 2 rings (SSSR count). The molecule has 0 unspecified atom stereocenters. The topological polar surface area (TPSA) is 29.1 Å². The summed E-state index contributed by atoms with van der Waals surface area (Å²) in [5.74, 6) is -0.749. The monoisotopic (exact) mass is 219 g/mol. The number of halogens is 1. The first-order valence-electron chi connectivity index (χ1n) is 5.39. The maximum absolute atomic E-state index is 13.6. The predicted molar refractivity (Wildman–Crippen MR) is 60.8 cm³/mol. The van der Waals surface area contributed by atoms with Gasteiger partial charge >= 0.3 is 0 Å². The van der Waals surface area contributed by atoms with Crippen LogP contribution < -0.4 is 5.32 Å². The zero-order chi connectivity index (χ0) is 11.5. The van der Waals surface area contributed by atoms with Gasteiger partial charge in [-0.25, -0.2) is 4.39 Å². The molecule has 0 fully saturated rings. The van der Waals surface area contributed by atoms with Gasteiger partial charge in [0.2, 0.25) is 0 Å². The lowest BCUT2D eigenvalue weighted by molar-refractivity contribution is 0.0934. The molecule has 16 heavy (non-hydrogen) atoms. The van der Waals surface area contributed by atoms with E-state index in [9.17, 15) is 9.18 Å². The molecule has 2 nitrogen and oxygen atoms in total. The molecule has 0 saturated heterocycles. The van der Waals surface area contributed by atoms with E-state index in [-0.39, 0.29) is 17.5 Å². The molecular weight excluding hydrogens is 205 g/mol. The SMILES string of the molecule is Cc1cccc(C(=O)NC2CC=CC2)c1F. The Morgan fingerprint density at radius 2 is 2.06 bits per heavy atom. The molecule has 0 saturated carbocycles. The first kappa shape index (κ1) is 10.9. The largest absolute Gasteiger partial charge is 0.349 e. The van der Waals surface area contributed by atoms with Gasteiger partial charge in [0.15, 0.2) is 0 Å². The molecule has 84 valence electrons. The first-order valence-corrected chi connectivity index (χ1v) is 5.39. The Morgan fingerprint density at radius 1 is 1.38 bits per heavy atom. The number of carbonyl (C=O) groups excluding carboxylic acids is 1. The molecule has 0 bridgehead atoms. The van der Waals surface area contributed by atoms with Crippen LogP contribution >= 0.6 is 0 Å². The van der Waals surface area contributed by atoms with Gasteiger partial charge in [-0.05, 0) is 31.4 Å². The molecule has 1 N–H and O–H groups in total. The van der Waals surface area contributed by atoms with Crippen molar-refractivity contribution in [1.82, 2.24) is 5.32 Å². The highest BCUT2D eigenvalue weighted by Gasteiger charge is 2.17. The van der Waals surface area contributed by atoms with Crippen LogP contribution in [-0.2, 0) is 0 Å². The van der Waals surface area contributed by atoms with Crippen molar-refractivity contribution in [1.29, 1.82) is 0 Å². The average Bonchev–Trinajstić information content (AvgIpc) is 2.74. The standard InChI is InChI=1S/C13H14FNO/c1-9-5-4-8-11(12(9)14)13(16)15-10-6-2-3-7-10/h2-5,8,10H,6-7H2,1H3,(H,15,16). The molecule has 1 aromatic carbocycles. The smallest absolute Gasteiger partial charge is 0.254 e. The lowest BCUT2D eigenvalue weighted by Crippen LogP contribution is -2.33. The van der Waals surface area contributed by atoms with E-state index in [0.29, 0.717) is 5.56 Å². The summed E-state index contributed by atoms with van der Waals surface area (Å²) >= 11 is 0. The number of hydrogen-bond acceptors (Lipinski definition) is 1. The van der Waals surface area contributed by atoms with Crippen molar-refractivity contribution in [2.75, 3.05) is 0 Å². The summed E-state index contributed by atoms with van der Waals surface area (Å²) in [6.45, 7) is 1.66. The zero-order valence-electron chi connectivity index (χ0n) is 9.16. The van der Waals surface area contributed by atoms with Crippen molar-refractivity contribution in [3.8, 4) is 0 Å². The van der Waals surface area contributed by atoms with Crippen molar-refractivity contribution in [2.24, 2.45) is 0 Å². The van der Waals surface area contributed by atoms with E-state index < -0.39 is 5.82 Å². The summed E-state index contributed by atoms with van der Waals surface area (Å²) in [5, 5.41) is 2.82. The number of amides is 1. The highest BCUT2D eigenvalue weighted by Crippen LogP contribution is 2.14. The fourth-order valence-electron chi connectivity index (χ4n) is 1.82. The second-order valence-electron chi connectivity index (χ2n) is 4.05. The molecular formula is C13H14FNO. The molecule has 0 spiro atoms. The van der Waals surface area contributed by atoms with Crippen molar-refractivity contribution in [2.45, 2.75) is 25.8 Å². The third-order valence-corrected chi connectivity index (χ3v) is 2.78. The minimum Gasteiger partial charge on any atom is -0.349 e. The summed E-state index contributed by atoms with van der Waals surface area (Å²) in [7, 11) is 0. The second kappa shape index (κ2) is 4.47. The van der Waals surface area contributed by atoms with E-state index in [2.05, 4.69) is 5.32 Å². The van der Waals surface area contributed by atoms with Gasteiger partial charge in [-0.3, -0.25) is 4.79 Å². The highest BCUT2D eigenvalue weighted by atomic mass is 19.1. The number of benzene rings is 1. The summed E-state index contributed by atoms with van der Waals surface area (Å²) in [6, 6.07) is 4.98. The molecule has 1 aliphatic carbocycles. The van der Waals surface area contributed by atoms with E-state index >= 15 is 0 Å². The van der Waals surface area contributed by atoms with Crippen LogP contribution in [0.1, 0.15) is 28.8 Å². The fraction of sp³-hybridized carbons (Fsp3) is 0.308. The van der Waals surface area contributed by atoms with Gasteiger partial charge in [-0.2, -0.15) is 0 Å². The second-order valence-corrected chi connectivity index (χ2v) is 4.05. The number of rotatable bonds is 2. The minimum atomic E-state index is -0.425. The Bertz CT molecular complexity index is 432. The summed E-state index contributed by atoms with van der Waals surface area (Å²) in [6.07, 6.45) is 5.72. The number of nitrogens with one attached hydrogen (secondary N) is 1. The number of hydrogen-bond donors (Lipinski definition) is 1. The van der Waals surface area contributed by atoms with Gasteiger partial charge in [0.25, 0.3) is 5.91 Å². The molecule has 1 aliphatic rings. The van der Waals surface area contributed by atoms with Gasteiger partial charge < -0.3 is 5.32 Å². The highest BCUT2D eigenvalue weighted by molar-refractivity contribution is 5.94. The Kier molecular flexibility index (Phi) is 3.04. The Balaban J connectivity index is 2.11. The number of carbonyl (C=O) groups is 1. The molecule has 0 radical (unpaired) electrons. The quantitative estimate of drug-likeness (QED) is 0.761. The van der Waals surface area contributed by atoms with Crippen molar-refractivity contribution in [3.63, 3.8) is 0 Å². The van der Waals surface area contributed by atoms with Gasteiger partial charge in [0.05, 0.1) is 5.56 Å². The third kappa shape index (κ3) is 2.13. The van der Waals surface area contributed by atoms with E-state index in [4.69, 9.17) is 0 Å². The summed E-state index contributed by atoms with van der Waals surface area (Å²) < 4.78 is 13.6. The predicted octanol–water partition coefficient (Wildman–Crippen LogP) is 2.58. The molecule has 0 heterocycles. The van der Waals surface area contributed by atoms with Gasteiger partial charge in [-0.15, -0.1) is 0 Å². The van der Waals surface area contributed by atoms with Gasteiger partial charge in [0, 0.05) is 6.04 Å². The normalized spacial score (nSPS) is 15.4. The zero-order valence-corrected chi connectivity index (χ0v) is 9.16. The molecule has 3 heteroatoms. The van der Waals surface area contributed by atoms with Crippen LogP contribution in [-0.4, -0.2) is 11.9 Å². The van der Waals surface area contributed by atoms with Crippen LogP contribution in [0.15, 0.2) is 30.4 Å². The Morgan fingerprint density at radius 3 is 2.75 bits per heavy atom. The van der Waals surface area contributed by atoms with E-state index in [0.717, 1.165) is 12.8 Å². The maximum Gasteiger partial charge on any atom is 0.254 e. The molecule has 1 aromatic rings. The molecule has 0 atom stereocenters. The van der Waals surface area contributed by atoms with E-state index in [1.807, 2.05) is 12.2 Å².